The van der Waals surface area contributed by atoms with Gasteiger partial charge in [-0.3, -0.25) is 4.79 Å². The molecule has 1 atom stereocenters. The van der Waals surface area contributed by atoms with E-state index in [-0.39, 0.29) is 11.7 Å². The Balaban J connectivity index is 2.44. The highest BCUT2D eigenvalue weighted by Gasteiger charge is 2.20. The van der Waals surface area contributed by atoms with Gasteiger partial charge in [0.25, 0.3) is 0 Å². The fourth-order valence-electron chi connectivity index (χ4n) is 1.72. The Hall–Kier alpha value is -1.15. The van der Waals surface area contributed by atoms with Crippen molar-refractivity contribution in [3.05, 3.63) is 35.2 Å². The summed E-state index contributed by atoms with van der Waals surface area (Å²) in [6, 6.07) is 8.10. The zero-order chi connectivity index (χ0) is 11.7. The number of rotatable bonds is 3. The average molecular weight is 232 g/mol. The maximum atomic E-state index is 12.3. The van der Waals surface area contributed by atoms with Gasteiger partial charge in [-0.25, -0.2) is 0 Å². The SMILES string of the molecule is CC(C)C(C)C(=O)c1csc2ccccc12. The first-order valence-electron chi connectivity index (χ1n) is 5.61. The average Bonchev–Trinajstić information content (AvgIpc) is 2.70. The number of benzene rings is 1. The van der Waals surface area contributed by atoms with Gasteiger partial charge in [0, 0.05) is 26.9 Å². The minimum Gasteiger partial charge on any atom is -0.294 e. The normalized spacial score (nSPS) is 13.2. The van der Waals surface area contributed by atoms with Crippen LogP contribution in [0.1, 0.15) is 31.1 Å². The first kappa shape index (κ1) is 11.3. The maximum Gasteiger partial charge on any atom is 0.167 e. The highest BCUT2D eigenvalue weighted by Crippen LogP contribution is 2.28. The van der Waals surface area contributed by atoms with E-state index >= 15 is 0 Å². The van der Waals surface area contributed by atoms with Crippen molar-refractivity contribution in [2.45, 2.75) is 20.8 Å². The first-order valence-corrected chi connectivity index (χ1v) is 6.49. The molecule has 0 N–H and O–H groups in total. The van der Waals surface area contributed by atoms with Gasteiger partial charge in [0.1, 0.15) is 0 Å². The number of fused-ring (bicyclic) bond motifs is 1. The van der Waals surface area contributed by atoms with Crippen LogP contribution in [0.25, 0.3) is 10.1 Å². The molecule has 16 heavy (non-hydrogen) atoms. The predicted molar refractivity (Wildman–Crippen MR) is 70.2 cm³/mol. The van der Waals surface area contributed by atoms with Crippen molar-refractivity contribution in [1.29, 1.82) is 0 Å². The third-order valence-corrected chi connectivity index (χ3v) is 4.12. The zero-order valence-electron chi connectivity index (χ0n) is 9.86. The number of thiophene rings is 1. The molecule has 1 aromatic carbocycles. The Morgan fingerprint density at radius 1 is 1.19 bits per heavy atom. The second-order valence-corrected chi connectivity index (χ2v) is 5.45. The molecule has 0 aliphatic rings. The minimum atomic E-state index is 0.0954. The molecule has 0 saturated heterocycles. The van der Waals surface area contributed by atoms with Crippen molar-refractivity contribution in [2.75, 3.05) is 0 Å². The van der Waals surface area contributed by atoms with Crippen LogP contribution in [0.2, 0.25) is 0 Å². The summed E-state index contributed by atoms with van der Waals surface area (Å²) in [6.45, 7) is 6.20. The highest BCUT2D eigenvalue weighted by molar-refractivity contribution is 7.17. The molecule has 0 bridgehead atoms. The number of ketones is 1. The molecule has 1 unspecified atom stereocenters. The largest absolute Gasteiger partial charge is 0.294 e. The molecule has 0 fully saturated rings. The number of hydrogen-bond acceptors (Lipinski definition) is 2. The summed E-state index contributed by atoms with van der Waals surface area (Å²) in [5, 5.41) is 3.09. The van der Waals surface area contributed by atoms with Crippen molar-refractivity contribution in [1.82, 2.24) is 0 Å². The second-order valence-electron chi connectivity index (χ2n) is 4.54. The van der Waals surface area contributed by atoms with Crippen LogP contribution < -0.4 is 0 Å². The van der Waals surface area contributed by atoms with E-state index in [2.05, 4.69) is 19.9 Å². The van der Waals surface area contributed by atoms with Gasteiger partial charge in [-0.1, -0.05) is 39.0 Å². The summed E-state index contributed by atoms with van der Waals surface area (Å²) in [5.74, 6) is 0.761. The van der Waals surface area contributed by atoms with Crippen molar-refractivity contribution >= 4 is 27.2 Å². The van der Waals surface area contributed by atoms with Gasteiger partial charge in [0.05, 0.1) is 0 Å². The van der Waals surface area contributed by atoms with Crippen LogP contribution in [0.15, 0.2) is 29.6 Å². The standard InChI is InChI=1S/C14H16OS/c1-9(2)10(3)14(15)12-8-16-13-7-5-4-6-11(12)13/h4-10H,1-3H3. The number of carbonyl (C=O) groups is 1. The molecule has 1 nitrogen and oxygen atoms in total. The van der Waals surface area contributed by atoms with Crippen molar-refractivity contribution in [2.24, 2.45) is 11.8 Å². The van der Waals surface area contributed by atoms with Crippen LogP contribution >= 0.6 is 11.3 Å². The molecule has 0 saturated carbocycles. The Labute approximate surface area is 100 Å². The van der Waals surface area contributed by atoms with Crippen molar-refractivity contribution in [3.8, 4) is 0 Å². The molecule has 2 heteroatoms. The van der Waals surface area contributed by atoms with E-state index in [0.29, 0.717) is 5.92 Å². The Morgan fingerprint density at radius 2 is 1.88 bits per heavy atom. The van der Waals surface area contributed by atoms with Crippen LogP contribution in [-0.4, -0.2) is 5.78 Å². The second kappa shape index (κ2) is 4.38. The summed E-state index contributed by atoms with van der Waals surface area (Å²) in [4.78, 5) is 12.3. The molecule has 0 aliphatic heterocycles. The molecule has 0 amide bonds. The zero-order valence-corrected chi connectivity index (χ0v) is 10.7. The van der Waals surface area contributed by atoms with E-state index in [1.54, 1.807) is 11.3 Å². The Morgan fingerprint density at radius 3 is 2.56 bits per heavy atom. The van der Waals surface area contributed by atoms with Gasteiger partial charge in [-0.05, 0) is 12.0 Å². The van der Waals surface area contributed by atoms with E-state index in [9.17, 15) is 4.79 Å². The summed E-state index contributed by atoms with van der Waals surface area (Å²) in [6.07, 6.45) is 0. The lowest BCUT2D eigenvalue weighted by atomic mass is 9.90. The van der Waals surface area contributed by atoms with Crippen LogP contribution in [0.5, 0.6) is 0 Å². The lowest BCUT2D eigenvalue weighted by Crippen LogP contribution is -2.16. The molecule has 84 valence electrons. The van der Waals surface area contributed by atoms with E-state index in [0.717, 1.165) is 10.9 Å². The van der Waals surface area contributed by atoms with Crippen LogP contribution in [0.3, 0.4) is 0 Å². The van der Waals surface area contributed by atoms with E-state index < -0.39 is 0 Å². The topological polar surface area (TPSA) is 17.1 Å². The molecular weight excluding hydrogens is 216 g/mol. The smallest absolute Gasteiger partial charge is 0.167 e. The van der Waals surface area contributed by atoms with Gasteiger partial charge in [-0.2, -0.15) is 0 Å². The Bertz CT molecular complexity index is 510. The van der Waals surface area contributed by atoms with Gasteiger partial charge in [0.2, 0.25) is 0 Å². The fraction of sp³-hybridized carbons (Fsp3) is 0.357. The molecule has 1 aromatic heterocycles. The monoisotopic (exact) mass is 232 g/mol. The molecule has 2 aromatic rings. The van der Waals surface area contributed by atoms with E-state index in [1.165, 1.54) is 4.70 Å². The van der Waals surface area contributed by atoms with E-state index in [1.807, 2.05) is 30.5 Å². The van der Waals surface area contributed by atoms with E-state index in [4.69, 9.17) is 0 Å². The Kier molecular flexibility index (Phi) is 3.10. The third-order valence-electron chi connectivity index (χ3n) is 3.16. The fourth-order valence-corrected chi connectivity index (χ4v) is 2.67. The molecule has 0 radical (unpaired) electrons. The molecule has 1 heterocycles. The molecule has 2 rings (SSSR count). The summed E-state index contributed by atoms with van der Waals surface area (Å²) >= 11 is 1.65. The van der Waals surface area contributed by atoms with Crippen LogP contribution in [0, 0.1) is 11.8 Å². The highest BCUT2D eigenvalue weighted by atomic mass is 32.1. The maximum absolute atomic E-state index is 12.3. The lowest BCUT2D eigenvalue weighted by Gasteiger charge is -2.13. The third kappa shape index (κ3) is 1.90. The predicted octanol–water partition coefficient (Wildman–Crippen LogP) is 4.38. The summed E-state index contributed by atoms with van der Waals surface area (Å²) < 4.78 is 1.20. The lowest BCUT2D eigenvalue weighted by molar-refractivity contribution is 0.0902. The summed E-state index contributed by atoms with van der Waals surface area (Å²) in [7, 11) is 0. The first-order chi connectivity index (χ1) is 7.61. The summed E-state index contributed by atoms with van der Waals surface area (Å²) in [5.41, 5.74) is 0.891. The number of hydrogen-bond donors (Lipinski definition) is 0. The van der Waals surface area contributed by atoms with Gasteiger partial charge < -0.3 is 0 Å². The van der Waals surface area contributed by atoms with Crippen molar-refractivity contribution in [3.63, 3.8) is 0 Å². The van der Waals surface area contributed by atoms with Gasteiger partial charge in [0.15, 0.2) is 5.78 Å². The minimum absolute atomic E-state index is 0.0954. The van der Waals surface area contributed by atoms with Gasteiger partial charge in [-0.15, -0.1) is 11.3 Å². The number of carbonyl (C=O) groups excluding carboxylic acids is 1. The van der Waals surface area contributed by atoms with Gasteiger partial charge >= 0.3 is 0 Å². The number of Topliss-reactive ketones (excluding diaryl/α,β-unsaturated/α-hetero) is 1. The van der Waals surface area contributed by atoms with Crippen LogP contribution in [0.4, 0.5) is 0 Å². The van der Waals surface area contributed by atoms with Crippen LogP contribution in [-0.2, 0) is 0 Å². The molecule has 0 aliphatic carbocycles. The van der Waals surface area contributed by atoms with Crippen molar-refractivity contribution < 1.29 is 4.79 Å². The molecular formula is C14H16OS. The quantitative estimate of drug-likeness (QED) is 0.718. The molecule has 0 spiro atoms.